The Morgan fingerprint density at radius 2 is 1.79 bits per heavy atom. The van der Waals surface area contributed by atoms with Gasteiger partial charge in [-0.1, -0.05) is 20.8 Å². The maximum Gasteiger partial charge on any atom is 0.161 e. The normalized spacial score (nSPS) is 57.2. The molecular weight excluding hydrogens is 300 g/mol. The first-order valence-corrected chi connectivity index (χ1v) is 10.2. The summed E-state index contributed by atoms with van der Waals surface area (Å²) in [4.78, 5) is 12.3. The highest BCUT2D eigenvalue weighted by molar-refractivity contribution is 5.84. The molecule has 4 saturated carbocycles. The fraction of sp³-hybridized carbons (Fsp3) is 0.952. The lowest BCUT2D eigenvalue weighted by Crippen LogP contribution is -2.57. The lowest BCUT2D eigenvalue weighted by molar-refractivity contribution is -0.167. The van der Waals surface area contributed by atoms with Gasteiger partial charge in [0.05, 0.1) is 5.60 Å². The SMILES string of the molecule is CC[C@@]1(O)CC[C@H]2[C@@H]3CC[C@@H]4C[C@@H](O)C(=O)C[C@]4(C)[C@H]3CC[C@@]21C. The minimum Gasteiger partial charge on any atom is -0.389 e. The van der Waals surface area contributed by atoms with E-state index in [0.717, 1.165) is 38.5 Å². The lowest BCUT2D eigenvalue weighted by Gasteiger charge is -2.61. The molecule has 0 heterocycles. The summed E-state index contributed by atoms with van der Waals surface area (Å²) in [6.45, 7) is 6.82. The topological polar surface area (TPSA) is 57.5 Å². The lowest BCUT2D eigenvalue weighted by atomic mass is 9.44. The Hall–Kier alpha value is -0.410. The van der Waals surface area contributed by atoms with Gasteiger partial charge in [0.15, 0.2) is 5.78 Å². The molecule has 2 N–H and O–H groups in total. The van der Waals surface area contributed by atoms with Crippen molar-refractivity contribution in [2.45, 2.75) is 90.3 Å². The molecule has 4 fully saturated rings. The maximum atomic E-state index is 12.3. The van der Waals surface area contributed by atoms with Gasteiger partial charge in [-0.2, -0.15) is 0 Å². The monoisotopic (exact) mass is 334 g/mol. The molecule has 4 aliphatic carbocycles. The van der Waals surface area contributed by atoms with Crippen molar-refractivity contribution in [2.75, 3.05) is 0 Å². The predicted octanol–water partition coefficient (Wildman–Crippen LogP) is 3.71. The van der Waals surface area contributed by atoms with E-state index in [4.69, 9.17) is 0 Å². The van der Waals surface area contributed by atoms with Crippen LogP contribution in [0, 0.1) is 34.5 Å². The molecule has 0 amide bonds. The molecule has 0 bridgehead atoms. The van der Waals surface area contributed by atoms with Crippen LogP contribution >= 0.6 is 0 Å². The minimum absolute atomic E-state index is 0.0598. The average molecular weight is 335 g/mol. The molecule has 0 aromatic heterocycles. The van der Waals surface area contributed by atoms with Crippen molar-refractivity contribution < 1.29 is 15.0 Å². The van der Waals surface area contributed by atoms with E-state index >= 15 is 0 Å². The number of aliphatic hydroxyl groups is 2. The Bertz CT molecular complexity index is 545. The molecule has 0 unspecified atom stereocenters. The quantitative estimate of drug-likeness (QED) is 0.768. The van der Waals surface area contributed by atoms with Crippen LogP contribution in [0.3, 0.4) is 0 Å². The van der Waals surface area contributed by atoms with Gasteiger partial charge in [-0.15, -0.1) is 0 Å². The molecule has 3 heteroatoms. The van der Waals surface area contributed by atoms with Crippen molar-refractivity contribution in [2.24, 2.45) is 34.5 Å². The summed E-state index contributed by atoms with van der Waals surface area (Å²) in [7, 11) is 0. The zero-order chi connectivity index (χ0) is 17.3. The molecule has 0 saturated heterocycles. The van der Waals surface area contributed by atoms with Crippen LogP contribution < -0.4 is 0 Å². The van der Waals surface area contributed by atoms with Crippen LogP contribution in [0.5, 0.6) is 0 Å². The summed E-state index contributed by atoms with van der Waals surface area (Å²) >= 11 is 0. The molecule has 136 valence electrons. The zero-order valence-electron chi connectivity index (χ0n) is 15.6. The van der Waals surface area contributed by atoms with Gasteiger partial charge in [0.1, 0.15) is 6.10 Å². The predicted molar refractivity (Wildman–Crippen MR) is 93.4 cm³/mol. The number of ketones is 1. The van der Waals surface area contributed by atoms with Gasteiger partial charge in [0.25, 0.3) is 0 Å². The number of hydrogen-bond donors (Lipinski definition) is 2. The van der Waals surface area contributed by atoms with Crippen molar-refractivity contribution >= 4 is 5.78 Å². The Kier molecular flexibility index (Phi) is 3.76. The van der Waals surface area contributed by atoms with Crippen LogP contribution in [0.1, 0.15) is 78.6 Å². The van der Waals surface area contributed by atoms with Crippen molar-refractivity contribution in [1.29, 1.82) is 0 Å². The van der Waals surface area contributed by atoms with Gasteiger partial charge in [-0.3, -0.25) is 4.79 Å². The number of rotatable bonds is 1. The van der Waals surface area contributed by atoms with Crippen LogP contribution in [-0.2, 0) is 4.79 Å². The Balaban J connectivity index is 1.65. The number of fused-ring (bicyclic) bond motifs is 5. The Morgan fingerprint density at radius 1 is 1.08 bits per heavy atom. The number of hydrogen-bond acceptors (Lipinski definition) is 3. The molecule has 0 radical (unpaired) electrons. The van der Waals surface area contributed by atoms with Crippen molar-refractivity contribution in [1.82, 2.24) is 0 Å². The van der Waals surface area contributed by atoms with E-state index in [-0.39, 0.29) is 16.6 Å². The third-order valence-electron chi connectivity index (χ3n) is 9.41. The Labute approximate surface area is 146 Å². The number of aliphatic hydroxyl groups excluding tert-OH is 1. The summed E-state index contributed by atoms with van der Waals surface area (Å²) in [5, 5.41) is 21.3. The Morgan fingerprint density at radius 3 is 2.50 bits per heavy atom. The van der Waals surface area contributed by atoms with E-state index in [1.54, 1.807) is 0 Å². The maximum absolute atomic E-state index is 12.3. The molecule has 24 heavy (non-hydrogen) atoms. The van der Waals surface area contributed by atoms with E-state index in [1.165, 1.54) is 6.42 Å². The van der Waals surface area contributed by atoms with Gasteiger partial charge in [-0.25, -0.2) is 0 Å². The summed E-state index contributed by atoms with van der Waals surface area (Å²) in [5.41, 5.74) is -0.350. The van der Waals surface area contributed by atoms with Crippen LogP contribution in [0.4, 0.5) is 0 Å². The molecule has 0 spiro atoms. The van der Waals surface area contributed by atoms with E-state index < -0.39 is 11.7 Å². The van der Waals surface area contributed by atoms with Crippen molar-refractivity contribution in [3.8, 4) is 0 Å². The van der Waals surface area contributed by atoms with Crippen LogP contribution in [-0.4, -0.2) is 27.7 Å². The molecule has 3 nitrogen and oxygen atoms in total. The number of carbonyl (C=O) groups is 1. The van der Waals surface area contributed by atoms with Gasteiger partial charge in [-0.05, 0) is 85.9 Å². The zero-order valence-corrected chi connectivity index (χ0v) is 15.6. The molecule has 4 aliphatic rings. The van der Waals surface area contributed by atoms with E-state index in [2.05, 4.69) is 20.8 Å². The van der Waals surface area contributed by atoms with Crippen LogP contribution in [0.15, 0.2) is 0 Å². The first kappa shape index (κ1) is 17.0. The average Bonchev–Trinajstić information content (AvgIpc) is 2.81. The molecule has 4 rings (SSSR count). The second kappa shape index (κ2) is 5.30. The fourth-order valence-electron chi connectivity index (χ4n) is 7.78. The third kappa shape index (κ3) is 2.00. The first-order chi connectivity index (χ1) is 11.2. The van der Waals surface area contributed by atoms with Crippen molar-refractivity contribution in [3.05, 3.63) is 0 Å². The fourth-order valence-corrected chi connectivity index (χ4v) is 7.78. The summed E-state index contributed by atoms with van der Waals surface area (Å²) in [6, 6.07) is 0. The van der Waals surface area contributed by atoms with Crippen LogP contribution in [0.25, 0.3) is 0 Å². The van der Waals surface area contributed by atoms with Gasteiger partial charge < -0.3 is 10.2 Å². The standard InChI is InChI=1S/C21H34O3/c1-4-21(24)10-8-16-14-6-5-13-11-17(22)18(23)12-19(13,2)15(14)7-9-20(16,21)3/h13-17,22,24H,4-12H2,1-3H3/t13-,14-,15+,16+,17-,19+,20+,21-/m1/s1. The second-order valence-corrected chi connectivity index (χ2v) is 9.93. The summed E-state index contributed by atoms with van der Waals surface area (Å²) in [6.07, 6.45) is 8.13. The summed E-state index contributed by atoms with van der Waals surface area (Å²) < 4.78 is 0. The van der Waals surface area contributed by atoms with Crippen LogP contribution in [0.2, 0.25) is 0 Å². The largest absolute Gasteiger partial charge is 0.389 e. The highest BCUT2D eigenvalue weighted by Crippen LogP contribution is 2.68. The number of Topliss-reactive ketones (excluding diaryl/α,β-unsaturated/α-hetero) is 1. The van der Waals surface area contributed by atoms with E-state index in [9.17, 15) is 15.0 Å². The molecule has 8 atom stereocenters. The second-order valence-electron chi connectivity index (χ2n) is 9.93. The smallest absolute Gasteiger partial charge is 0.161 e. The summed E-state index contributed by atoms with van der Waals surface area (Å²) in [5.74, 6) is 2.45. The third-order valence-corrected chi connectivity index (χ3v) is 9.41. The first-order valence-electron chi connectivity index (χ1n) is 10.2. The van der Waals surface area contributed by atoms with Gasteiger partial charge in [0, 0.05) is 6.42 Å². The highest BCUT2D eigenvalue weighted by atomic mass is 16.3. The van der Waals surface area contributed by atoms with E-state index in [1.807, 2.05) is 0 Å². The van der Waals surface area contributed by atoms with Gasteiger partial charge >= 0.3 is 0 Å². The molecule has 0 aliphatic heterocycles. The number of carbonyl (C=O) groups excluding carboxylic acids is 1. The molecule has 0 aromatic rings. The van der Waals surface area contributed by atoms with Crippen molar-refractivity contribution in [3.63, 3.8) is 0 Å². The van der Waals surface area contributed by atoms with Gasteiger partial charge in [0.2, 0.25) is 0 Å². The highest BCUT2D eigenvalue weighted by Gasteiger charge is 2.64. The van der Waals surface area contributed by atoms with E-state index in [0.29, 0.717) is 36.5 Å². The molecular formula is C21H34O3. The minimum atomic E-state index is -0.717. The molecule has 0 aromatic carbocycles.